The third-order valence-corrected chi connectivity index (χ3v) is 7.05. The average molecular weight is 450 g/mol. The Morgan fingerprint density at radius 2 is 1.74 bits per heavy atom. The van der Waals surface area contributed by atoms with E-state index in [1.165, 1.54) is 12.1 Å². The van der Waals surface area contributed by atoms with E-state index >= 15 is 0 Å². The molecule has 2 aliphatic rings. The molecule has 0 spiro atoms. The van der Waals surface area contributed by atoms with E-state index in [1.807, 2.05) is 30.3 Å². The molecule has 0 aliphatic heterocycles. The Hall–Kier alpha value is -2.61. The lowest BCUT2D eigenvalue weighted by atomic mass is 9.63. The zero-order valence-electron chi connectivity index (χ0n) is 16.6. The Balaban J connectivity index is 1.80. The molecule has 1 unspecified atom stereocenters. The van der Waals surface area contributed by atoms with E-state index in [2.05, 4.69) is 4.18 Å². The van der Waals surface area contributed by atoms with Crippen LogP contribution in [0, 0.1) is 0 Å². The van der Waals surface area contributed by atoms with E-state index in [0.29, 0.717) is 38.5 Å². The minimum absolute atomic E-state index is 0.0818. The molecule has 2 aliphatic carbocycles. The summed E-state index contributed by atoms with van der Waals surface area (Å²) < 4.78 is 65.4. The average Bonchev–Trinajstić information content (AvgIpc) is 2.84. The van der Waals surface area contributed by atoms with Crippen molar-refractivity contribution in [2.24, 2.45) is 0 Å². The summed E-state index contributed by atoms with van der Waals surface area (Å²) in [6.07, 6.45) is 5.32. The number of hydrogen-bond acceptors (Lipinski definition) is 4. The van der Waals surface area contributed by atoms with Gasteiger partial charge in [-0.15, -0.1) is 0 Å². The van der Waals surface area contributed by atoms with Crippen molar-refractivity contribution in [2.45, 2.75) is 49.4 Å². The molecular weight excluding hydrogens is 429 g/mol. The lowest BCUT2D eigenvalue weighted by Crippen LogP contribution is -2.35. The first kappa shape index (κ1) is 21.6. The van der Waals surface area contributed by atoms with Crippen molar-refractivity contribution in [1.82, 2.24) is 0 Å². The lowest BCUT2D eigenvalue weighted by molar-refractivity contribution is -0.115. The van der Waals surface area contributed by atoms with Gasteiger partial charge in [-0.1, -0.05) is 42.0 Å². The number of allylic oxidation sites excluding steroid dienone is 2. The summed E-state index contributed by atoms with van der Waals surface area (Å²) in [4.78, 5) is 12.2. The first-order chi connectivity index (χ1) is 14.6. The van der Waals surface area contributed by atoms with Crippen molar-refractivity contribution in [2.75, 3.05) is 0 Å². The molecule has 0 bridgehead atoms. The number of carbonyl (C=O) groups is 1. The Morgan fingerprint density at radius 3 is 2.45 bits per heavy atom. The predicted octanol–water partition coefficient (Wildman–Crippen LogP) is 5.02. The van der Waals surface area contributed by atoms with Crippen LogP contribution in [0.4, 0.5) is 13.2 Å². The smallest absolute Gasteiger partial charge is 0.376 e. The monoisotopic (exact) mass is 450 g/mol. The Kier molecular flexibility index (Phi) is 5.45. The third kappa shape index (κ3) is 4.13. The van der Waals surface area contributed by atoms with Crippen LogP contribution < -0.4 is 4.18 Å². The number of ketones is 1. The minimum Gasteiger partial charge on any atom is -0.376 e. The van der Waals surface area contributed by atoms with E-state index in [0.717, 1.165) is 22.3 Å². The van der Waals surface area contributed by atoms with Gasteiger partial charge in [0.2, 0.25) is 0 Å². The van der Waals surface area contributed by atoms with Crippen molar-refractivity contribution in [3.8, 4) is 5.75 Å². The second kappa shape index (κ2) is 7.82. The lowest BCUT2D eigenvalue weighted by Gasteiger charge is -2.39. The Bertz CT molecular complexity index is 1140. The fourth-order valence-electron chi connectivity index (χ4n) is 4.70. The van der Waals surface area contributed by atoms with E-state index < -0.39 is 21.0 Å². The first-order valence-corrected chi connectivity index (χ1v) is 11.4. The van der Waals surface area contributed by atoms with Crippen molar-refractivity contribution in [1.29, 1.82) is 0 Å². The van der Waals surface area contributed by atoms with Gasteiger partial charge in [0.15, 0.2) is 5.78 Å². The molecule has 0 saturated carbocycles. The van der Waals surface area contributed by atoms with Gasteiger partial charge in [0.05, 0.1) is 0 Å². The first-order valence-electron chi connectivity index (χ1n) is 10.0. The number of hydrogen-bond donors (Lipinski definition) is 0. The number of halogens is 3. The van der Waals surface area contributed by atoms with Gasteiger partial charge in [0, 0.05) is 11.8 Å². The van der Waals surface area contributed by atoms with Crippen LogP contribution in [0.1, 0.15) is 42.4 Å². The zero-order chi connectivity index (χ0) is 22.3. The molecule has 31 heavy (non-hydrogen) atoms. The van der Waals surface area contributed by atoms with Crippen LogP contribution in [-0.2, 0) is 33.2 Å². The largest absolute Gasteiger partial charge is 0.534 e. The molecule has 2 aromatic rings. The molecule has 2 aromatic carbocycles. The molecule has 0 N–H and O–H groups in total. The molecule has 0 saturated heterocycles. The molecule has 0 aromatic heterocycles. The van der Waals surface area contributed by atoms with E-state index in [9.17, 15) is 26.4 Å². The second-order valence-electron chi connectivity index (χ2n) is 8.04. The van der Waals surface area contributed by atoms with Crippen LogP contribution in [-0.4, -0.2) is 19.7 Å². The van der Waals surface area contributed by atoms with E-state index in [4.69, 9.17) is 0 Å². The highest BCUT2D eigenvalue weighted by Crippen LogP contribution is 2.48. The quantitative estimate of drug-likeness (QED) is 0.485. The number of carbonyl (C=O) groups excluding carboxylic acids is 1. The molecule has 8 heteroatoms. The van der Waals surface area contributed by atoms with Crippen LogP contribution in [0.15, 0.2) is 60.2 Å². The van der Waals surface area contributed by atoms with Gasteiger partial charge in [-0.05, 0) is 67.0 Å². The van der Waals surface area contributed by atoms with Crippen LogP contribution in [0.3, 0.4) is 0 Å². The topological polar surface area (TPSA) is 60.4 Å². The second-order valence-corrected chi connectivity index (χ2v) is 9.57. The van der Waals surface area contributed by atoms with E-state index in [1.54, 1.807) is 12.1 Å². The SMILES string of the molecule is O=C1C=C2CCCc3cc(OS(=O)(=O)C(F)(F)F)ccc3C2(Cc2ccccc2)CC1. The highest BCUT2D eigenvalue weighted by atomic mass is 32.2. The Morgan fingerprint density at radius 1 is 1.00 bits per heavy atom. The number of rotatable bonds is 4. The van der Waals surface area contributed by atoms with Gasteiger partial charge >= 0.3 is 15.6 Å². The van der Waals surface area contributed by atoms with Gasteiger partial charge in [0.1, 0.15) is 5.75 Å². The molecular formula is C23H21F3O4S. The molecule has 0 heterocycles. The van der Waals surface area contributed by atoms with Crippen molar-refractivity contribution < 1.29 is 30.6 Å². The highest BCUT2D eigenvalue weighted by Gasteiger charge is 2.49. The maximum atomic E-state index is 12.7. The van der Waals surface area contributed by atoms with E-state index in [-0.39, 0.29) is 11.5 Å². The maximum absolute atomic E-state index is 12.7. The summed E-state index contributed by atoms with van der Waals surface area (Å²) in [6, 6.07) is 14.2. The standard InChI is InChI=1S/C23H21F3O4S/c24-23(25,26)31(28,29)30-20-9-10-21-17(13-20)7-4-8-18-14-19(27)11-12-22(18,21)15-16-5-2-1-3-6-16/h1-3,5-6,9-10,13-14H,4,7-8,11-12,15H2. The maximum Gasteiger partial charge on any atom is 0.534 e. The molecule has 0 radical (unpaired) electrons. The predicted molar refractivity (Wildman–Crippen MR) is 109 cm³/mol. The molecule has 0 fully saturated rings. The van der Waals surface area contributed by atoms with Gasteiger partial charge in [-0.3, -0.25) is 4.79 Å². The Labute approximate surface area is 178 Å². The summed E-state index contributed by atoms with van der Waals surface area (Å²) in [5.41, 5.74) is -2.15. The minimum atomic E-state index is -5.74. The van der Waals surface area contributed by atoms with Crippen LogP contribution in [0.25, 0.3) is 0 Å². The number of fused-ring (bicyclic) bond motifs is 3. The third-order valence-electron chi connectivity index (χ3n) is 6.07. The molecule has 164 valence electrons. The van der Waals surface area contributed by atoms with Crippen molar-refractivity contribution in [3.05, 3.63) is 76.9 Å². The van der Waals surface area contributed by atoms with Crippen molar-refractivity contribution in [3.63, 3.8) is 0 Å². The van der Waals surface area contributed by atoms with Crippen LogP contribution in [0.2, 0.25) is 0 Å². The number of benzene rings is 2. The fraction of sp³-hybridized carbons (Fsp3) is 0.348. The normalized spacial score (nSPS) is 21.5. The molecule has 4 rings (SSSR count). The number of alkyl halides is 3. The van der Waals surface area contributed by atoms with Gasteiger partial charge in [-0.25, -0.2) is 0 Å². The van der Waals surface area contributed by atoms with Crippen molar-refractivity contribution >= 4 is 15.9 Å². The summed E-state index contributed by atoms with van der Waals surface area (Å²) >= 11 is 0. The van der Waals surface area contributed by atoms with Gasteiger partial charge < -0.3 is 4.18 Å². The molecule has 0 amide bonds. The van der Waals surface area contributed by atoms with Gasteiger partial charge in [-0.2, -0.15) is 21.6 Å². The van der Waals surface area contributed by atoms with Crippen LogP contribution in [0.5, 0.6) is 5.75 Å². The van der Waals surface area contributed by atoms with Crippen LogP contribution >= 0.6 is 0 Å². The van der Waals surface area contributed by atoms with Gasteiger partial charge in [0.25, 0.3) is 0 Å². The summed E-state index contributed by atoms with van der Waals surface area (Å²) in [7, 11) is -5.74. The fourth-order valence-corrected chi connectivity index (χ4v) is 5.15. The zero-order valence-corrected chi connectivity index (χ0v) is 17.4. The highest BCUT2D eigenvalue weighted by molar-refractivity contribution is 7.88. The molecule has 1 atom stereocenters. The number of aryl methyl sites for hydroxylation is 1. The summed E-state index contributed by atoms with van der Waals surface area (Å²) in [6.45, 7) is 0. The summed E-state index contributed by atoms with van der Waals surface area (Å²) in [5, 5.41) is 0. The molecule has 4 nitrogen and oxygen atoms in total. The summed E-state index contributed by atoms with van der Waals surface area (Å²) in [5.74, 6) is -0.274.